The maximum atomic E-state index is 10.3. The summed E-state index contributed by atoms with van der Waals surface area (Å²) in [7, 11) is 0. The van der Waals surface area contributed by atoms with Crippen molar-refractivity contribution in [1.29, 1.82) is 0 Å². The lowest BCUT2D eigenvalue weighted by atomic mass is 9.60. The molecule has 6 atom stereocenters. The predicted octanol–water partition coefficient (Wildman–Crippen LogP) is 2.19. The SMILES string of the molecule is C[C@]12CC[C@@H]3c4cc(O)ccc4C[C@@H]3[C@@H]1C[C@H](O)[C@H]2O. The Morgan fingerprint density at radius 2 is 2.05 bits per heavy atom. The Bertz CT molecular complexity index is 555. The summed E-state index contributed by atoms with van der Waals surface area (Å²) in [6.45, 7) is 2.15. The van der Waals surface area contributed by atoms with Gasteiger partial charge in [0.05, 0.1) is 12.2 Å². The van der Waals surface area contributed by atoms with Crippen molar-refractivity contribution in [2.75, 3.05) is 0 Å². The summed E-state index contributed by atoms with van der Waals surface area (Å²) in [5, 5.41) is 30.2. The van der Waals surface area contributed by atoms with E-state index in [0.717, 1.165) is 25.7 Å². The summed E-state index contributed by atoms with van der Waals surface area (Å²) in [4.78, 5) is 0. The van der Waals surface area contributed by atoms with Gasteiger partial charge in [0, 0.05) is 0 Å². The Morgan fingerprint density at radius 1 is 1.25 bits per heavy atom. The molecule has 108 valence electrons. The zero-order valence-corrected chi connectivity index (χ0v) is 11.8. The summed E-state index contributed by atoms with van der Waals surface area (Å²) < 4.78 is 0. The fraction of sp³-hybridized carbons (Fsp3) is 0.647. The van der Waals surface area contributed by atoms with Gasteiger partial charge in [-0.05, 0) is 72.1 Å². The third-order valence-corrected chi connectivity index (χ3v) is 6.39. The highest BCUT2D eigenvalue weighted by atomic mass is 16.3. The molecular weight excluding hydrogens is 252 g/mol. The average Bonchev–Trinajstić information content (AvgIpc) is 2.88. The molecule has 0 heterocycles. The van der Waals surface area contributed by atoms with Crippen LogP contribution >= 0.6 is 0 Å². The second kappa shape index (κ2) is 3.99. The molecule has 3 nitrogen and oxygen atoms in total. The van der Waals surface area contributed by atoms with Gasteiger partial charge >= 0.3 is 0 Å². The predicted molar refractivity (Wildman–Crippen MR) is 75.5 cm³/mol. The van der Waals surface area contributed by atoms with Crippen molar-refractivity contribution >= 4 is 0 Å². The third kappa shape index (κ3) is 1.48. The van der Waals surface area contributed by atoms with Gasteiger partial charge in [0.2, 0.25) is 0 Å². The van der Waals surface area contributed by atoms with Crippen molar-refractivity contribution in [1.82, 2.24) is 0 Å². The first-order valence-corrected chi connectivity index (χ1v) is 7.68. The molecule has 2 saturated carbocycles. The molecule has 0 aromatic heterocycles. The van der Waals surface area contributed by atoms with E-state index in [1.54, 1.807) is 6.07 Å². The van der Waals surface area contributed by atoms with Crippen molar-refractivity contribution in [2.24, 2.45) is 17.3 Å². The molecule has 0 amide bonds. The lowest BCUT2D eigenvalue weighted by Crippen LogP contribution is -2.42. The van der Waals surface area contributed by atoms with Crippen LogP contribution in [0.5, 0.6) is 5.75 Å². The van der Waals surface area contributed by atoms with Gasteiger partial charge < -0.3 is 15.3 Å². The normalized spacial score (nSPS) is 45.9. The van der Waals surface area contributed by atoms with Crippen LogP contribution in [-0.4, -0.2) is 27.5 Å². The van der Waals surface area contributed by atoms with Gasteiger partial charge in [-0.2, -0.15) is 0 Å². The van der Waals surface area contributed by atoms with Gasteiger partial charge in [-0.15, -0.1) is 0 Å². The summed E-state index contributed by atoms with van der Waals surface area (Å²) in [6, 6.07) is 5.74. The lowest BCUT2D eigenvalue weighted by Gasteiger charge is -2.45. The number of benzene rings is 1. The fourth-order valence-electron chi connectivity index (χ4n) is 5.31. The number of phenolic OH excluding ortho intramolecular Hbond substituents is 1. The highest BCUT2D eigenvalue weighted by molar-refractivity contribution is 5.42. The maximum Gasteiger partial charge on any atom is 0.115 e. The molecule has 0 aliphatic heterocycles. The van der Waals surface area contributed by atoms with Gasteiger partial charge in [0.25, 0.3) is 0 Å². The molecule has 3 aliphatic rings. The Kier molecular flexibility index (Phi) is 2.52. The van der Waals surface area contributed by atoms with Gasteiger partial charge in [-0.3, -0.25) is 0 Å². The minimum Gasteiger partial charge on any atom is -0.508 e. The topological polar surface area (TPSA) is 60.7 Å². The zero-order valence-electron chi connectivity index (χ0n) is 11.8. The van der Waals surface area contributed by atoms with E-state index in [1.165, 1.54) is 11.1 Å². The molecule has 2 fully saturated rings. The number of aromatic hydroxyl groups is 1. The summed E-state index contributed by atoms with van der Waals surface area (Å²) in [5.41, 5.74) is 2.51. The number of phenols is 1. The molecule has 20 heavy (non-hydrogen) atoms. The van der Waals surface area contributed by atoms with E-state index in [2.05, 4.69) is 6.92 Å². The summed E-state index contributed by atoms with van der Waals surface area (Å²) in [5.74, 6) is 1.75. The molecule has 0 spiro atoms. The van der Waals surface area contributed by atoms with Crippen molar-refractivity contribution in [3.63, 3.8) is 0 Å². The van der Waals surface area contributed by atoms with E-state index >= 15 is 0 Å². The van der Waals surface area contributed by atoms with E-state index in [4.69, 9.17) is 0 Å². The van der Waals surface area contributed by atoms with Crippen LogP contribution in [0.1, 0.15) is 43.2 Å². The zero-order chi connectivity index (χ0) is 14.1. The Hall–Kier alpha value is -1.06. The third-order valence-electron chi connectivity index (χ3n) is 6.39. The molecule has 4 rings (SSSR count). The Morgan fingerprint density at radius 3 is 2.85 bits per heavy atom. The number of hydrogen-bond acceptors (Lipinski definition) is 3. The highest BCUT2D eigenvalue weighted by Crippen LogP contribution is 2.61. The van der Waals surface area contributed by atoms with Crippen molar-refractivity contribution in [3.05, 3.63) is 29.3 Å². The van der Waals surface area contributed by atoms with E-state index in [-0.39, 0.29) is 5.41 Å². The van der Waals surface area contributed by atoms with E-state index in [9.17, 15) is 15.3 Å². The maximum absolute atomic E-state index is 10.3. The number of aliphatic hydroxyl groups excluding tert-OH is 2. The van der Waals surface area contributed by atoms with Crippen molar-refractivity contribution in [3.8, 4) is 5.75 Å². The smallest absolute Gasteiger partial charge is 0.115 e. The van der Waals surface area contributed by atoms with Crippen LogP contribution in [0.15, 0.2) is 18.2 Å². The molecule has 0 saturated heterocycles. The van der Waals surface area contributed by atoms with Crippen LogP contribution in [0, 0.1) is 17.3 Å². The Balaban J connectivity index is 1.73. The quantitative estimate of drug-likeness (QED) is 0.679. The molecule has 0 radical (unpaired) electrons. The van der Waals surface area contributed by atoms with Gasteiger partial charge in [-0.25, -0.2) is 0 Å². The minimum atomic E-state index is -0.578. The van der Waals surface area contributed by atoms with Gasteiger partial charge in [0.1, 0.15) is 5.75 Å². The van der Waals surface area contributed by atoms with Crippen LogP contribution in [-0.2, 0) is 6.42 Å². The molecule has 3 aliphatic carbocycles. The molecular formula is C17H22O3. The molecule has 3 N–H and O–H groups in total. The first-order valence-electron chi connectivity index (χ1n) is 7.68. The molecule has 0 unspecified atom stereocenters. The first-order chi connectivity index (χ1) is 9.50. The molecule has 1 aromatic carbocycles. The molecule has 0 bridgehead atoms. The monoisotopic (exact) mass is 274 g/mol. The van der Waals surface area contributed by atoms with Crippen LogP contribution in [0.25, 0.3) is 0 Å². The van der Waals surface area contributed by atoms with E-state index in [0.29, 0.717) is 23.5 Å². The van der Waals surface area contributed by atoms with Crippen LogP contribution in [0.4, 0.5) is 0 Å². The second-order valence-corrected chi connectivity index (χ2v) is 7.26. The minimum absolute atomic E-state index is 0.134. The molecule has 3 heteroatoms. The number of fused-ring (bicyclic) bond motifs is 5. The van der Waals surface area contributed by atoms with Gasteiger partial charge in [-0.1, -0.05) is 13.0 Å². The lowest BCUT2D eigenvalue weighted by molar-refractivity contribution is -0.0465. The van der Waals surface area contributed by atoms with E-state index in [1.807, 2.05) is 12.1 Å². The standard InChI is InChI=1S/C17H22O3/c1-17-5-4-11-12-7-10(18)3-2-9(12)6-13(11)14(17)8-15(19)16(17)20/h2-3,7,11,13-16,18-20H,4-6,8H2,1H3/t11-,13+,14+,15+,16-,17+/m1/s1. The van der Waals surface area contributed by atoms with E-state index < -0.39 is 12.2 Å². The average molecular weight is 274 g/mol. The summed E-state index contributed by atoms with van der Waals surface area (Å²) >= 11 is 0. The number of aliphatic hydroxyl groups is 2. The highest BCUT2D eigenvalue weighted by Gasteiger charge is 2.58. The molecule has 1 aromatic rings. The largest absolute Gasteiger partial charge is 0.508 e. The second-order valence-electron chi connectivity index (χ2n) is 7.26. The van der Waals surface area contributed by atoms with Crippen molar-refractivity contribution < 1.29 is 15.3 Å². The van der Waals surface area contributed by atoms with Gasteiger partial charge in [0.15, 0.2) is 0 Å². The number of hydrogen-bond donors (Lipinski definition) is 3. The fourth-order valence-corrected chi connectivity index (χ4v) is 5.31. The summed E-state index contributed by atoms with van der Waals surface area (Å²) in [6.07, 6.45) is 2.62. The van der Waals surface area contributed by atoms with Crippen LogP contribution in [0.2, 0.25) is 0 Å². The van der Waals surface area contributed by atoms with Crippen molar-refractivity contribution in [2.45, 2.75) is 50.7 Å². The number of rotatable bonds is 0. The van der Waals surface area contributed by atoms with Crippen LogP contribution < -0.4 is 0 Å². The Labute approximate surface area is 119 Å². The first kappa shape index (κ1) is 12.7. The van der Waals surface area contributed by atoms with Crippen LogP contribution in [0.3, 0.4) is 0 Å².